The number of esters is 1. The van der Waals surface area contributed by atoms with Crippen LogP contribution in [0.3, 0.4) is 0 Å². The molecule has 2 heterocycles. The van der Waals surface area contributed by atoms with E-state index >= 15 is 0 Å². The van der Waals surface area contributed by atoms with Crippen molar-refractivity contribution >= 4 is 27.3 Å². The summed E-state index contributed by atoms with van der Waals surface area (Å²) in [5.41, 5.74) is 0. The van der Waals surface area contributed by atoms with Crippen molar-refractivity contribution in [1.29, 1.82) is 5.26 Å². The zero-order valence-corrected chi connectivity index (χ0v) is 12.5. The molecule has 108 valence electrons. The van der Waals surface area contributed by atoms with E-state index in [9.17, 15) is 13.2 Å². The standard InChI is InChI=1S/C12H14N2O4S2/c1-18-12(15)9-3-2-6-14(8-9)20(16,17)11-5-4-10(7-13)19-11/h4-5,9H,2-3,6,8H2,1H3. The number of ether oxygens (including phenoxy) is 1. The third kappa shape index (κ3) is 2.85. The van der Waals surface area contributed by atoms with Gasteiger partial charge < -0.3 is 4.74 Å². The van der Waals surface area contributed by atoms with Gasteiger partial charge in [0, 0.05) is 13.1 Å². The average Bonchev–Trinajstić information content (AvgIpc) is 2.96. The summed E-state index contributed by atoms with van der Waals surface area (Å²) in [4.78, 5) is 11.9. The van der Waals surface area contributed by atoms with Gasteiger partial charge in [0.15, 0.2) is 0 Å². The van der Waals surface area contributed by atoms with Gasteiger partial charge in [0.2, 0.25) is 0 Å². The maximum absolute atomic E-state index is 12.4. The van der Waals surface area contributed by atoms with Gasteiger partial charge in [-0.25, -0.2) is 8.42 Å². The minimum Gasteiger partial charge on any atom is -0.469 e. The predicted molar refractivity (Wildman–Crippen MR) is 72.5 cm³/mol. The van der Waals surface area contributed by atoms with E-state index in [1.54, 1.807) is 0 Å². The number of rotatable bonds is 3. The fraction of sp³-hybridized carbons (Fsp3) is 0.500. The van der Waals surface area contributed by atoms with Gasteiger partial charge >= 0.3 is 5.97 Å². The van der Waals surface area contributed by atoms with Gasteiger partial charge in [-0.15, -0.1) is 11.3 Å². The minimum absolute atomic E-state index is 0.134. The summed E-state index contributed by atoms with van der Waals surface area (Å²) in [5.74, 6) is -0.798. The highest BCUT2D eigenvalue weighted by atomic mass is 32.2. The van der Waals surface area contributed by atoms with E-state index in [0.717, 1.165) is 11.3 Å². The van der Waals surface area contributed by atoms with Gasteiger partial charge in [-0.3, -0.25) is 4.79 Å². The lowest BCUT2D eigenvalue weighted by Crippen LogP contribution is -2.42. The number of methoxy groups -OCH3 is 1. The molecular weight excluding hydrogens is 300 g/mol. The number of hydrogen-bond acceptors (Lipinski definition) is 6. The van der Waals surface area contributed by atoms with Gasteiger partial charge in [0.1, 0.15) is 15.2 Å². The SMILES string of the molecule is COC(=O)C1CCCN(S(=O)(=O)c2ccc(C#N)s2)C1. The molecule has 1 unspecified atom stereocenters. The largest absolute Gasteiger partial charge is 0.469 e. The molecule has 1 saturated heterocycles. The Morgan fingerprint density at radius 2 is 2.30 bits per heavy atom. The summed E-state index contributed by atoms with van der Waals surface area (Å²) in [6, 6.07) is 4.84. The van der Waals surface area contributed by atoms with Crippen LogP contribution in [0.5, 0.6) is 0 Å². The summed E-state index contributed by atoms with van der Waals surface area (Å²) in [6.45, 7) is 0.518. The Bertz CT molecular complexity index is 645. The minimum atomic E-state index is -3.63. The van der Waals surface area contributed by atoms with E-state index in [-0.39, 0.29) is 16.7 Å². The van der Waals surface area contributed by atoms with Crippen molar-refractivity contribution in [2.24, 2.45) is 5.92 Å². The normalized spacial score (nSPS) is 20.3. The van der Waals surface area contributed by atoms with Crippen LogP contribution in [0, 0.1) is 17.2 Å². The Hall–Kier alpha value is -1.43. The number of nitrogens with zero attached hydrogens (tertiary/aromatic N) is 2. The van der Waals surface area contributed by atoms with E-state index in [2.05, 4.69) is 4.74 Å². The molecule has 0 aromatic carbocycles. The van der Waals surface area contributed by atoms with Gasteiger partial charge in [0.05, 0.1) is 13.0 Å². The van der Waals surface area contributed by atoms with E-state index in [1.165, 1.54) is 23.5 Å². The zero-order valence-electron chi connectivity index (χ0n) is 10.9. The molecular formula is C12H14N2O4S2. The first-order valence-electron chi connectivity index (χ1n) is 6.07. The Morgan fingerprint density at radius 3 is 2.90 bits per heavy atom. The third-order valence-electron chi connectivity index (χ3n) is 3.20. The van der Waals surface area contributed by atoms with Crippen molar-refractivity contribution in [2.45, 2.75) is 17.1 Å². The highest BCUT2D eigenvalue weighted by Gasteiger charge is 2.34. The number of sulfonamides is 1. The van der Waals surface area contributed by atoms with Gasteiger partial charge in [0.25, 0.3) is 10.0 Å². The van der Waals surface area contributed by atoms with Crippen molar-refractivity contribution < 1.29 is 17.9 Å². The highest BCUT2D eigenvalue weighted by molar-refractivity contribution is 7.91. The number of thiophene rings is 1. The first-order chi connectivity index (χ1) is 9.48. The van der Waals surface area contributed by atoms with E-state index in [1.807, 2.05) is 6.07 Å². The Balaban J connectivity index is 2.21. The number of carbonyl (C=O) groups is 1. The second kappa shape index (κ2) is 5.91. The molecule has 8 heteroatoms. The molecule has 0 N–H and O–H groups in total. The first kappa shape index (κ1) is 15.0. The second-order valence-electron chi connectivity index (χ2n) is 4.46. The van der Waals surface area contributed by atoms with E-state index in [4.69, 9.17) is 5.26 Å². The van der Waals surface area contributed by atoms with Gasteiger partial charge in [-0.1, -0.05) is 0 Å². The fourth-order valence-corrected chi connectivity index (χ4v) is 4.95. The van der Waals surface area contributed by atoms with Crippen LogP contribution in [0.25, 0.3) is 0 Å². The Labute approximate surface area is 121 Å². The lowest BCUT2D eigenvalue weighted by atomic mass is 10.0. The molecule has 1 atom stereocenters. The van der Waals surface area contributed by atoms with Crippen LogP contribution in [-0.2, 0) is 19.6 Å². The van der Waals surface area contributed by atoms with Crippen LogP contribution < -0.4 is 0 Å². The van der Waals surface area contributed by atoms with Crippen LogP contribution in [0.1, 0.15) is 17.7 Å². The molecule has 0 spiro atoms. The maximum Gasteiger partial charge on any atom is 0.309 e. The fourth-order valence-electron chi connectivity index (χ4n) is 2.17. The molecule has 1 aliphatic heterocycles. The molecule has 1 aromatic rings. The number of nitriles is 1. The first-order valence-corrected chi connectivity index (χ1v) is 8.32. The third-order valence-corrected chi connectivity index (χ3v) is 6.53. The molecule has 1 aromatic heterocycles. The monoisotopic (exact) mass is 314 g/mol. The van der Waals surface area contributed by atoms with Crippen molar-refractivity contribution in [3.8, 4) is 6.07 Å². The smallest absolute Gasteiger partial charge is 0.309 e. The van der Waals surface area contributed by atoms with Crippen molar-refractivity contribution in [3.63, 3.8) is 0 Å². The predicted octanol–water partition coefficient (Wildman–Crippen LogP) is 1.19. The van der Waals surface area contributed by atoms with E-state index in [0.29, 0.717) is 24.3 Å². The summed E-state index contributed by atoms with van der Waals surface area (Å²) in [7, 11) is -2.33. The molecule has 2 rings (SSSR count). The van der Waals surface area contributed by atoms with Crippen LogP contribution in [0.4, 0.5) is 0 Å². The summed E-state index contributed by atoms with van der Waals surface area (Å²) >= 11 is 0.942. The second-order valence-corrected chi connectivity index (χ2v) is 7.70. The Kier molecular flexibility index (Phi) is 4.42. The topological polar surface area (TPSA) is 87.5 Å². The summed E-state index contributed by atoms with van der Waals surface area (Å²) in [5, 5.41) is 8.76. The average molecular weight is 314 g/mol. The van der Waals surface area contributed by atoms with Crippen LogP contribution in [0.15, 0.2) is 16.3 Å². The lowest BCUT2D eigenvalue weighted by Gasteiger charge is -2.29. The van der Waals surface area contributed by atoms with Gasteiger partial charge in [-0.2, -0.15) is 9.57 Å². The lowest BCUT2D eigenvalue weighted by molar-refractivity contribution is -0.146. The number of carbonyl (C=O) groups excluding carboxylic acids is 1. The van der Waals surface area contributed by atoms with Crippen molar-refractivity contribution in [1.82, 2.24) is 4.31 Å². The van der Waals surface area contributed by atoms with E-state index < -0.39 is 15.9 Å². The summed E-state index contributed by atoms with van der Waals surface area (Å²) < 4.78 is 31.0. The molecule has 20 heavy (non-hydrogen) atoms. The molecule has 0 radical (unpaired) electrons. The molecule has 0 saturated carbocycles. The molecule has 0 bridgehead atoms. The molecule has 1 aliphatic rings. The van der Waals surface area contributed by atoms with Crippen molar-refractivity contribution in [2.75, 3.05) is 20.2 Å². The maximum atomic E-state index is 12.4. The van der Waals surface area contributed by atoms with Crippen molar-refractivity contribution in [3.05, 3.63) is 17.0 Å². The van der Waals surface area contributed by atoms with Crippen LogP contribution >= 0.6 is 11.3 Å². The molecule has 0 aliphatic carbocycles. The molecule has 0 amide bonds. The number of hydrogen-bond donors (Lipinski definition) is 0. The summed E-state index contributed by atoms with van der Waals surface area (Å²) in [6.07, 6.45) is 1.25. The quantitative estimate of drug-likeness (QED) is 0.782. The number of piperidine rings is 1. The Morgan fingerprint density at radius 1 is 1.55 bits per heavy atom. The molecule has 1 fully saturated rings. The van der Waals surface area contributed by atoms with Crippen LogP contribution in [0.2, 0.25) is 0 Å². The molecule has 6 nitrogen and oxygen atoms in total. The zero-order chi connectivity index (χ0) is 14.8. The highest BCUT2D eigenvalue weighted by Crippen LogP contribution is 2.28. The van der Waals surface area contributed by atoms with Gasteiger partial charge in [-0.05, 0) is 25.0 Å². The van der Waals surface area contributed by atoms with Crippen LogP contribution in [-0.4, -0.2) is 38.9 Å².